The predicted molar refractivity (Wildman–Crippen MR) is 280 cm³/mol. The number of aromatic hydroxyl groups is 2. The lowest BCUT2D eigenvalue weighted by molar-refractivity contribution is -0.139. The van der Waals surface area contributed by atoms with Crippen LogP contribution in [-0.2, 0) is 55.9 Å². The monoisotopic (exact) mass is 1050 g/mol. The Bertz CT molecular complexity index is 2420. The zero-order valence-electron chi connectivity index (χ0n) is 46.2. The molecule has 2 aromatic rings. The minimum Gasteiger partial charge on any atom is -0.508 e. The summed E-state index contributed by atoms with van der Waals surface area (Å²) >= 11 is 0. The molecule has 2 fully saturated rings. The van der Waals surface area contributed by atoms with Crippen LogP contribution in [0.3, 0.4) is 0 Å². The molecule has 0 aromatic heterocycles. The Hall–Kier alpha value is -6.71. The van der Waals surface area contributed by atoms with E-state index < -0.39 is 100 Å². The molecule has 4 rings (SSSR count). The molecule has 75 heavy (non-hydrogen) atoms. The molecule has 7 amide bonds. The average molecular weight is 1050 g/mol. The molecule has 21 nitrogen and oxygen atoms in total. The average Bonchev–Trinajstić information content (AvgIpc) is 3.66. The number of carbonyl (C=O) groups is 7. The summed E-state index contributed by atoms with van der Waals surface area (Å²) in [4.78, 5) is 92.4. The normalized spacial score (nSPS) is 22.6. The molecule has 10 unspecified atom stereocenters. The molecule has 0 saturated carbocycles. The van der Waals surface area contributed by atoms with Gasteiger partial charge in [-0.25, -0.2) is 0 Å². The van der Waals surface area contributed by atoms with Crippen molar-refractivity contribution in [1.29, 1.82) is 0 Å². The van der Waals surface area contributed by atoms with Crippen LogP contribution < -0.4 is 32.3 Å². The van der Waals surface area contributed by atoms with Gasteiger partial charge < -0.3 is 72.0 Å². The Morgan fingerprint density at radius 3 is 1.28 bits per heavy atom. The predicted octanol–water partition coefficient (Wildman–Crippen LogP) is 2.49. The van der Waals surface area contributed by atoms with E-state index in [0.717, 1.165) is 11.1 Å². The second-order valence-corrected chi connectivity index (χ2v) is 21.5. The van der Waals surface area contributed by atoms with E-state index in [1.165, 1.54) is 43.0 Å². The van der Waals surface area contributed by atoms with Gasteiger partial charge in [-0.05, 0) is 117 Å². The van der Waals surface area contributed by atoms with Crippen LogP contribution in [0.2, 0.25) is 0 Å². The molecule has 21 heteroatoms. The number of ether oxygens (including phenoxy) is 2. The summed E-state index contributed by atoms with van der Waals surface area (Å²) in [6.07, 6.45) is 3.87. The van der Waals surface area contributed by atoms with Crippen LogP contribution in [0.25, 0.3) is 0 Å². The number of rotatable bonds is 19. The van der Waals surface area contributed by atoms with Crippen LogP contribution in [0.15, 0.2) is 72.4 Å². The van der Waals surface area contributed by atoms with Crippen LogP contribution in [-0.4, -0.2) is 144 Å². The van der Waals surface area contributed by atoms with Crippen molar-refractivity contribution in [2.24, 2.45) is 17.6 Å². The van der Waals surface area contributed by atoms with Crippen LogP contribution in [0.4, 0.5) is 0 Å². The maximum absolute atomic E-state index is 13.3. The largest absolute Gasteiger partial charge is 0.508 e. The van der Waals surface area contributed by atoms with Crippen molar-refractivity contribution in [1.82, 2.24) is 36.4 Å². The number of likely N-dealkylation sites (N-methyl/N-ethyl adjacent to an activating group) is 2. The molecular formula is C54H82N8O13. The zero-order chi connectivity index (χ0) is 57.1. The first-order chi connectivity index (χ1) is 34.5. The van der Waals surface area contributed by atoms with Crippen molar-refractivity contribution in [3.63, 3.8) is 0 Å². The first kappa shape index (κ1) is 62.6. The van der Waals surface area contributed by atoms with Crippen molar-refractivity contribution in [3.05, 3.63) is 83.6 Å². The summed E-state index contributed by atoms with van der Waals surface area (Å²) in [7, 11) is 3.12. The number of phenolic OH excluding ortho intramolecular Hbond substituents is 2. The van der Waals surface area contributed by atoms with Gasteiger partial charge in [0, 0.05) is 58.1 Å². The summed E-state index contributed by atoms with van der Waals surface area (Å²) in [5.74, 6) is -3.12. The molecule has 2 aromatic carbocycles. The standard InChI is InChI=1S/C28H42N4O7.C26H40N4O6/c1-16(12-20-10-9-11-21(34)13-20)26(37)32(8)18(3)23(31-24(35)17(2)30-19(4)33)25(36)29-15-22-14-28(7,38)27(5,6)39-22;1-15(11-18-9-8-10-19(31)12-18)24(34)30(7)17(3)21(29-22(32)16(2)27)23(33)28-14-20-13-26(6,35)25(4,5)36-20/h9-11,13,15-18,23,34,38H,12,14H2,1-8H3,(H,29,36)(H,30,33)(H,31,35);8-10,12,14-17,21,31,35H,11,13,27H2,1-7H3,(H,28,33)(H,29,32)/b22-15-;20-14-. The molecule has 0 aliphatic carbocycles. The zero-order valence-corrected chi connectivity index (χ0v) is 46.2. The van der Waals surface area contributed by atoms with Gasteiger partial charge in [0.15, 0.2) is 0 Å². The number of carbonyl (C=O) groups excluding carboxylic acids is 7. The number of hydrogen-bond acceptors (Lipinski definition) is 14. The van der Waals surface area contributed by atoms with Gasteiger partial charge in [0.05, 0.1) is 18.1 Å². The second-order valence-electron chi connectivity index (χ2n) is 21.5. The van der Waals surface area contributed by atoms with E-state index in [-0.39, 0.29) is 36.2 Å². The van der Waals surface area contributed by atoms with Crippen molar-refractivity contribution in [2.75, 3.05) is 14.1 Å². The second kappa shape index (κ2) is 25.7. The molecule has 2 aliphatic rings. The lowest BCUT2D eigenvalue weighted by atomic mass is 9.87. The molecule has 10 atom stereocenters. The fraction of sp³-hybridized carbons (Fsp3) is 0.574. The summed E-state index contributed by atoms with van der Waals surface area (Å²) in [5, 5.41) is 53.6. The molecule has 416 valence electrons. The highest BCUT2D eigenvalue weighted by molar-refractivity contribution is 5.93. The summed E-state index contributed by atoms with van der Waals surface area (Å²) in [6.45, 7) is 21.4. The molecule has 2 aliphatic heterocycles. The van der Waals surface area contributed by atoms with Gasteiger partial charge >= 0.3 is 0 Å². The van der Waals surface area contributed by atoms with Crippen LogP contribution >= 0.6 is 0 Å². The van der Waals surface area contributed by atoms with E-state index in [9.17, 15) is 54.0 Å². The van der Waals surface area contributed by atoms with Gasteiger partial charge in [-0.15, -0.1) is 0 Å². The maximum atomic E-state index is 13.3. The van der Waals surface area contributed by atoms with E-state index in [1.807, 2.05) is 12.1 Å². The van der Waals surface area contributed by atoms with E-state index >= 15 is 0 Å². The van der Waals surface area contributed by atoms with E-state index in [0.29, 0.717) is 24.4 Å². The molecule has 11 N–H and O–H groups in total. The molecular weight excluding hydrogens is 969 g/mol. The van der Waals surface area contributed by atoms with Crippen molar-refractivity contribution < 1.29 is 63.5 Å². The number of amides is 7. The number of phenols is 2. The van der Waals surface area contributed by atoms with Gasteiger partial charge in [0.1, 0.15) is 63.5 Å². The summed E-state index contributed by atoms with van der Waals surface area (Å²) < 4.78 is 11.5. The Balaban J connectivity index is 0.000000397. The topological polar surface area (TPSA) is 312 Å². The van der Waals surface area contributed by atoms with Gasteiger partial charge in [0.2, 0.25) is 41.4 Å². The summed E-state index contributed by atoms with van der Waals surface area (Å²) in [6, 6.07) is 7.79. The number of nitrogens with two attached hydrogens (primary N) is 1. The molecule has 0 radical (unpaired) electrons. The van der Waals surface area contributed by atoms with E-state index in [1.54, 1.807) is 120 Å². The quantitative estimate of drug-likeness (QED) is 0.0968. The Labute approximate surface area is 441 Å². The first-order valence-corrected chi connectivity index (χ1v) is 25.0. The smallest absolute Gasteiger partial charge is 0.248 e. The molecule has 2 heterocycles. The first-order valence-electron chi connectivity index (χ1n) is 25.0. The lowest BCUT2D eigenvalue weighted by Crippen LogP contribution is -2.60. The number of nitrogens with zero attached hydrogens (tertiary/aromatic N) is 2. The summed E-state index contributed by atoms with van der Waals surface area (Å²) in [5.41, 5.74) is 3.33. The Morgan fingerprint density at radius 2 is 0.973 bits per heavy atom. The fourth-order valence-corrected chi connectivity index (χ4v) is 8.23. The minimum absolute atomic E-state index is 0.104. The molecule has 2 saturated heterocycles. The minimum atomic E-state index is -1.18. The lowest BCUT2D eigenvalue weighted by Gasteiger charge is -2.33. The van der Waals surface area contributed by atoms with Crippen LogP contribution in [0.1, 0.15) is 114 Å². The van der Waals surface area contributed by atoms with Crippen molar-refractivity contribution in [2.45, 2.75) is 174 Å². The SMILES string of the molecule is CC(=O)NC(C)C(=O)NC(C(=O)N/C=C1/CC(C)(O)C(C)(C)O1)C(C)N(C)C(=O)C(C)Cc1cccc(O)c1.CC(N)C(=O)NC(C(=O)N/C=C1/CC(C)(O)C(C)(C)O1)C(C)N(C)C(=O)C(C)Cc1cccc(O)c1. The third-order valence-electron chi connectivity index (χ3n) is 14.2. The van der Waals surface area contributed by atoms with Crippen LogP contribution in [0, 0.1) is 11.8 Å². The van der Waals surface area contributed by atoms with Gasteiger partial charge in [-0.2, -0.15) is 0 Å². The Morgan fingerprint density at radius 1 is 0.613 bits per heavy atom. The van der Waals surface area contributed by atoms with E-state index in [2.05, 4.69) is 26.6 Å². The highest BCUT2D eigenvalue weighted by Gasteiger charge is 2.50. The number of aliphatic hydroxyl groups is 2. The molecule has 0 bridgehead atoms. The van der Waals surface area contributed by atoms with Crippen molar-refractivity contribution >= 4 is 41.4 Å². The number of nitrogens with one attached hydrogen (secondary N) is 5. The maximum Gasteiger partial charge on any atom is 0.248 e. The molecule has 0 spiro atoms. The highest BCUT2D eigenvalue weighted by atomic mass is 16.5. The van der Waals surface area contributed by atoms with Crippen LogP contribution in [0.5, 0.6) is 11.5 Å². The third kappa shape index (κ3) is 17.2. The number of hydrogen-bond donors (Lipinski definition) is 10. The number of benzene rings is 2. The van der Waals surface area contributed by atoms with Gasteiger partial charge in [-0.3, -0.25) is 33.6 Å². The van der Waals surface area contributed by atoms with E-state index in [4.69, 9.17) is 15.2 Å². The fourth-order valence-electron chi connectivity index (χ4n) is 8.23. The Kier molecular flexibility index (Phi) is 21.4. The highest BCUT2D eigenvalue weighted by Crippen LogP contribution is 2.41. The van der Waals surface area contributed by atoms with Crippen molar-refractivity contribution in [3.8, 4) is 11.5 Å². The van der Waals surface area contributed by atoms with Gasteiger partial charge in [0.25, 0.3) is 0 Å². The third-order valence-corrected chi connectivity index (χ3v) is 14.2. The van der Waals surface area contributed by atoms with Gasteiger partial charge in [-0.1, -0.05) is 38.1 Å².